The van der Waals surface area contributed by atoms with Crippen molar-refractivity contribution >= 4 is 0 Å². The van der Waals surface area contributed by atoms with Gasteiger partial charge in [-0.25, -0.2) is 0 Å². The van der Waals surface area contributed by atoms with Crippen LogP contribution < -0.4 is 4.74 Å². The zero-order valence-electron chi connectivity index (χ0n) is 14.8. The molecule has 0 heterocycles. The minimum Gasteiger partial charge on any atom is -0.497 e. The number of aryl methyl sites for hydroxylation is 1. The predicted octanol–water partition coefficient (Wildman–Crippen LogP) is 4.69. The molecule has 1 N–H and O–H groups in total. The number of rotatable bonds is 2. The number of hydrogen-bond acceptors (Lipinski definition) is 2. The topological polar surface area (TPSA) is 29.5 Å². The van der Waals surface area contributed by atoms with E-state index in [1.54, 1.807) is 12.7 Å². The van der Waals surface area contributed by atoms with Crippen LogP contribution in [0.3, 0.4) is 0 Å². The Kier molecular flexibility index (Phi) is 3.53. The maximum atomic E-state index is 11.2. The molecule has 0 aliphatic heterocycles. The van der Waals surface area contributed by atoms with E-state index in [0.29, 0.717) is 11.8 Å². The zero-order valence-corrected chi connectivity index (χ0v) is 14.8. The summed E-state index contributed by atoms with van der Waals surface area (Å²) in [6, 6.07) is 6.69. The van der Waals surface area contributed by atoms with E-state index in [2.05, 4.69) is 32.0 Å². The van der Waals surface area contributed by atoms with Crippen molar-refractivity contribution in [3.05, 3.63) is 29.3 Å². The molecule has 0 spiro atoms. The van der Waals surface area contributed by atoms with Gasteiger partial charge in [0, 0.05) is 0 Å². The van der Waals surface area contributed by atoms with Gasteiger partial charge < -0.3 is 9.84 Å². The van der Waals surface area contributed by atoms with Gasteiger partial charge >= 0.3 is 0 Å². The van der Waals surface area contributed by atoms with Crippen molar-refractivity contribution in [3.8, 4) is 5.75 Å². The molecule has 1 aromatic carbocycles. The van der Waals surface area contributed by atoms with Crippen molar-refractivity contribution in [2.45, 2.75) is 70.3 Å². The van der Waals surface area contributed by atoms with E-state index in [1.165, 1.54) is 37.7 Å². The highest BCUT2D eigenvalue weighted by Gasteiger charge is 2.60. The van der Waals surface area contributed by atoms with Gasteiger partial charge in [0.15, 0.2) is 0 Å². The Morgan fingerprint density at radius 1 is 1.22 bits per heavy atom. The summed E-state index contributed by atoms with van der Waals surface area (Å²) >= 11 is 0. The second kappa shape index (κ2) is 5.24. The number of methoxy groups -OCH3 is 1. The van der Waals surface area contributed by atoms with E-state index >= 15 is 0 Å². The van der Waals surface area contributed by atoms with Crippen molar-refractivity contribution in [2.75, 3.05) is 7.11 Å². The van der Waals surface area contributed by atoms with Crippen molar-refractivity contribution in [3.63, 3.8) is 0 Å². The fourth-order valence-electron chi connectivity index (χ4n) is 6.38. The third-order valence-corrected chi connectivity index (χ3v) is 7.84. The number of benzene rings is 1. The van der Waals surface area contributed by atoms with E-state index in [9.17, 15) is 5.11 Å². The summed E-state index contributed by atoms with van der Waals surface area (Å²) in [5.74, 6) is 3.14. The summed E-state index contributed by atoms with van der Waals surface area (Å²) in [5.41, 5.74) is 2.77. The first-order valence-electron chi connectivity index (χ1n) is 9.41. The minimum atomic E-state index is -0.428. The third-order valence-electron chi connectivity index (χ3n) is 7.84. The van der Waals surface area contributed by atoms with Gasteiger partial charge in [0.05, 0.1) is 12.7 Å². The molecule has 2 saturated carbocycles. The zero-order chi connectivity index (χ0) is 16.2. The van der Waals surface area contributed by atoms with Gasteiger partial charge in [0.2, 0.25) is 0 Å². The van der Waals surface area contributed by atoms with Gasteiger partial charge in [0.1, 0.15) is 5.75 Å². The highest BCUT2D eigenvalue weighted by molar-refractivity contribution is 5.40. The van der Waals surface area contributed by atoms with Crippen molar-refractivity contribution in [1.82, 2.24) is 0 Å². The van der Waals surface area contributed by atoms with Crippen LogP contribution in [0.5, 0.6) is 5.75 Å². The molecule has 3 aliphatic rings. The van der Waals surface area contributed by atoms with E-state index in [0.717, 1.165) is 24.5 Å². The van der Waals surface area contributed by atoms with Crippen LogP contribution in [-0.4, -0.2) is 17.8 Å². The molecule has 0 amide bonds. The number of hydrogen-bond donors (Lipinski definition) is 1. The van der Waals surface area contributed by atoms with Crippen LogP contribution in [0, 0.1) is 17.3 Å². The summed E-state index contributed by atoms with van der Waals surface area (Å²) in [7, 11) is 1.75. The molecule has 2 nitrogen and oxygen atoms in total. The molecule has 4 rings (SSSR count). The highest BCUT2D eigenvalue weighted by atomic mass is 16.5. The lowest BCUT2D eigenvalue weighted by Gasteiger charge is -2.53. The second-order valence-corrected chi connectivity index (χ2v) is 8.36. The Hall–Kier alpha value is -1.02. The molecule has 3 aliphatic carbocycles. The van der Waals surface area contributed by atoms with E-state index in [-0.39, 0.29) is 5.41 Å². The van der Waals surface area contributed by atoms with Gasteiger partial charge in [0.25, 0.3) is 0 Å². The molecule has 0 radical (unpaired) electrons. The quantitative estimate of drug-likeness (QED) is 0.858. The van der Waals surface area contributed by atoms with Crippen molar-refractivity contribution in [2.24, 2.45) is 17.3 Å². The number of ether oxygens (including phenoxy) is 1. The fourth-order valence-corrected chi connectivity index (χ4v) is 6.38. The Labute approximate surface area is 140 Å². The number of aliphatic hydroxyl groups is 1. The van der Waals surface area contributed by atoms with Gasteiger partial charge in [-0.15, -0.1) is 0 Å². The fraction of sp³-hybridized carbons (Fsp3) is 0.714. The van der Waals surface area contributed by atoms with Gasteiger partial charge in [-0.3, -0.25) is 0 Å². The molecular weight excluding hydrogens is 284 g/mol. The molecule has 5 atom stereocenters. The maximum absolute atomic E-state index is 11.2. The van der Waals surface area contributed by atoms with E-state index in [1.807, 2.05) is 0 Å². The molecule has 0 unspecified atom stereocenters. The summed E-state index contributed by atoms with van der Waals surface area (Å²) < 4.78 is 5.41. The molecule has 2 heteroatoms. The first-order valence-corrected chi connectivity index (χ1v) is 9.41. The van der Waals surface area contributed by atoms with Crippen LogP contribution in [0.1, 0.15) is 69.4 Å². The van der Waals surface area contributed by atoms with Crippen LogP contribution in [0.2, 0.25) is 0 Å². The summed E-state index contributed by atoms with van der Waals surface area (Å²) in [5, 5.41) is 11.2. The van der Waals surface area contributed by atoms with Crippen LogP contribution in [0.4, 0.5) is 0 Å². The molecule has 2 fully saturated rings. The number of fused-ring (bicyclic) bond motifs is 5. The normalized spacial score (nSPS) is 41.8. The van der Waals surface area contributed by atoms with Crippen LogP contribution in [0.25, 0.3) is 0 Å². The van der Waals surface area contributed by atoms with Gasteiger partial charge in [-0.1, -0.05) is 19.9 Å². The molecule has 0 saturated heterocycles. The maximum Gasteiger partial charge on any atom is 0.119 e. The highest BCUT2D eigenvalue weighted by Crippen LogP contribution is 2.64. The van der Waals surface area contributed by atoms with Crippen LogP contribution in [-0.2, 0) is 6.42 Å². The Balaban J connectivity index is 1.68. The molecule has 0 aromatic heterocycles. The summed E-state index contributed by atoms with van der Waals surface area (Å²) in [4.78, 5) is 0. The second-order valence-electron chi connectivity index (χ2n) is 8.36. The van der Waals surface area contributed by atoms with Gasteiger partial charge in [-0.2, -0.15) is 0 Å². The van der Waals surface area contributed by atoms with Crippen LogP contribution in [0.15, 0.2) is 18.2 Å². The van der Waals surface area contributed by atoms with Gasteiger partial charge in [-0.05, 0) is 91.4 Å². The lowest BCUT2D eigenvalue weighted by molar-refractivity contribution is -0.104. The SMILES string of the molecule is CC[C@@]1(O)CC[C@H]2[C@H]3CCc4cc(OC)ccc4[C@H]3CC[C@@]21C. The standard InChI is InChI=1S/C21H30O2/c1-4-21(22)12-10-19-18-7-5-14-13-15(23-3)6-8-16(14)17(18)9-11-20(19,21)2/h6,8,13,17-19,22H,4-5,7,9-12H2,1-3H3/t17-,18+,19+,20+,21-/m1/s1. The smallest absolute Gasteiger partial charge is 0.119 e. The summed E-state index contributed by atoms with van der Waals surface area (Å²) in [6.45, 7) is 4.55. The van der Waals surface area contributed by atoms with E-state index < -0.39 is 5.60 Å². The van der Waals surface area contributed by atoms with Crippen LogP contribution >= 0.6 is 0 Å². The lowest BCUT2D eigenvalue weighted by Crippen LogP contribution is -2.50. The Morgan fingerprint density at radius 2 is 2.04 bits per heavy atom. The Morgan fingerprint density at radius 3 is 2.78 bits per heavy atom. The molecule has 1 aromatic rings. The van der Waals surface area contributed by atoms with E-state index in [4.69, 9.17) is 4.74 Å². The summed E-state index contributed by atoms with van der Waals surface area (Å²) in [6.07, 6.45) is 7.99. The average molecular weight is 314 g/mol. The Bertz CT molecular complexity index is 610. The first-order chi connectivity index (χ1) is 11.0. The monoisotopic (exact) mass is 314 g/mol. The molecule has 0 bridgehead atoms. The van der Waals surface area contributed by atoms with Crippen molar-refractivity contribution < 1.29 is 9.84 Å². The largest absolute Gasteiger partial charge is 0.497 e. The molecule has 126 valence electrons. The predicted molar refractivity (Wildman–Crippen MR) is 92.9 cm³/mol. The first kappa shape index (κ1) is 15.5. The van der Waals surface area contributed by atoms with Crippen molar-refractivity contribution in [1.29, 1.82) is 0 Å². The lowest BCUT2D eigenvalue weighted by atomic mass is 9.53. The molecular formula is C21H30O2. The third kappa shape index (κ3) is 2.03. The minimum absolute atomic E-state index is 0.132. The average Bonchev–Trinajstić information content (AvgIpc) is 2.86. The molecule has 23 heavy (non-hydrogen) atoms.